The molecule has 7 nitrogen and oxygen atoms in total. The lowest BCUT2D eigenvalue weighted by Gasteiger charge is -2.30. The standard InChI is InChI=1S/C27H35N5O2/c1-14-10-20-21(12-23(14)32(5)26(33)15(2)17-6-8-34-9-7-17)29-25(28-20)24-18-11-19-16(3)27(19,4)13-22(18)30-31-24/h10,12,15-17,19H,6-9,11,13H2,1-5H3,(H,28,29)(H,30,31)/t15-,16?,19?,27+/m1/s1. The first-order valence-electron chi connectivity index (χ1n) is 12.7. The van der Waals surface area contributed by atoms with Crippen LogP contribution in [0.3, 0.4) is 0 Å². The van der Waals surface area contributed by atoms with Gasteiger partial charge in [-0.15, -0.1) is 0 Å². The number of hydrogen-bond acceptors (Lipinski definition) is 4. The topological polar surface area (TPSA) is 86.9 Å². The number of fused-ring (bicyclic) bond motifs is 3. The lowest BCUT2D eigenvalue weighted by Crippen LogP contribution is -2.37. The lowest BCUT2D eigenvalue weighted by atomic mass is 9.86. The van der Waals surface area contributed by atoms with Crippen molar-refractivity contribution < 1.29 is 9.53 Å². The molecule has 4 atom stereocenters. The largest absolute Gasteiger partial charge is 0.381 e. The smallest absolute Gasteiger partial charge is 0.229 e. The van der Waals surface area contributed by atoms with Gasteiger partial charge in [-0.2, -0.15) is 5.10 Å². The Kier molecular flexibility index (Phi) is 4.93. The Morgan fingerprint density at radius 1 is 1.29 bits per heavy atom. The van der Waals surface area contributed by atoms with Crippen molar-refractivity contribution in [2.24, 2.45) is 29.1 Å². The lowest BCUT2D eigenvalue weighted by molar-refractivity contribution is -0.124. The molecule has 0 bridgehead atoms. The Labute approximate surface area is 200 Å². The Hall–Kier alpha value is -2.67. The average Bonchev–Trinajstić information content (AvgIpc) is 3.18. The molecule has 1 amide bonds. The van der Waals surface area contributed by atoms with E-state index in [4.69, 9.17) is 9.72 Å². The van der Waals surface area contributed by atoms with Crippen LogP contribution in [0.25, 0.3) is 22.6 Å². The van der Waals surface area contributed by atoms with Gasteiger partial charge in [0.25, 0.3) is 0 Å². The van der Waals surface area contributed by atoms with E-state index < -0.39 is 0 Å². The maximum absolute atomic E-state index is 13.3. The number of aryl methyl sites for hydroxylation is 1. The number of nitrogens with zero attached hydrogens (tertiary/aromatic N) is 3. The maximum atomic E-state index is 13.3. The molecule has 1 aliphatic heterocycles. The van der Waals surface area contributed by atoms with Crippen molar-refractivity contribution in [1.29, 1.82) is 0 Å². The highest BCUT2D eigenvalue weighted by Gasteiger charge is 2.60. The summed E-state index contributed by atoms with van der Waals surface area (Å²) in [6, 6.07) is 4.14. The number of aromatic amines is 2. The number of hydrogen-bond donors (Lipinski definition) is 2. The molecule has 2 aromatic heterocycles. The molecule has 0 radical (unpaired) electrons. The number of aromatic nitrogens is 4. The molecule has 2 N–H and O–H groups in total. The minimum Gasteiger partial charge on any atom is -0.381 e. The van der Waals surface area contributed by atoms with E-state index in [1.54, 1.807) is 0 Å². The highest BCUT2D eigenvalue weighted by molar-refractivity contribution is 5.97. The highest BCUT2D eigenvalue weighted by Crippen LogP contribution is 2.64. The normalized spacial score (nSPS) is 27.3. The summed E-state index contributed by atoms with van der Waals surface area (Å²) in [5, 5.41) is 7.96. The second-order valence-electron chi connectivity index (χ2n) is 11.2. The van der Waals surface area contributed by atoms with Gasteiger partial charge in [0.1, 0.15) is 5.69 Å². The predicted octanol–water partition coefficient (Wildman–Crippen LogP) is 4.66. The number of H-pyrrole nitrogens is 2. The first-order chi connectivity index (χ1) is 16.3. The van der Waals surface area contributed by atoms with Gasteiger partial charge in [0.2, 0.25) is 5.91 Å². The molecule has 1 aromatic carbocycles. The van der Waals surface area contributed by atoms with Crippen molar-refractivity contribution in [3.63, 3.8) is 0 Å². The molecular weight excluding hydrogens is 426 g/mol. The monoisotopic (exact) mass is 461 g/mol. The van der Waals surface area contributed by atoms with Gasteiger partial charge in [0.05, 0.1) is 11.0 Å². The van der Waals surface area contributed by atoms with Crippen molar-refractivity contribution in [3.05, 3.63) is 29.0 Å². The van der Waals surface area contributed by atoms with Gasteiger partial charge in [-0.05, 0) is 73.5 Å². The minimum absolute atomic E-state index is 0.0233. The Bertz CT molecular complexity index is 1270. The molecule has 2 aliphatic carbocycles. The second-order valence-corrected chi connectivity index (χ2v) is 11.2. The van der Waals surface area contributed by atoms with E-state index in [1.807, 2.05) is 18.0 Å². The molecule has 2 fully saturated rings. The van der Waals surface area contributed by atoms with E-state index in [0.717, 1.165) is 84.5 Å². The summed E-state index contributed by atoms with van der Waals surface area (Å²) in [6.07, 6.45) is 4.05. The van der Waals surface area contributed by atoms with Crippen LogP contribution in [0.2, 0.25) is 0 Å². The fourth-order valence-corrected chi connectivity index (χ4v) is 6.65. The zero-order valence-electron chi connectivity index (χ0n) is 20.9. The molecule has 6 rings (SSSR count). The molecule has 0 spiro atoms. The summed E-state index contributed by atoms with van der Waals surface area (Å²) in [6.45, 7) is 10.4. The fraction of sp³-hybridized carbons (Fsp3) is 0.593. The molecule has 180 valence electrons. The quantitative estimate of drug-likeness (QED) is 0.592. The van der Waals surface area contributed by atoms with Gasteiger partial charge in [0, 0.05) is 43.1 Å². The van der Waals surface area contributed by atoms with Gasteiger partial charge < -0.3 is 14.6 Å². The second kappa shape index (κ2) is 7.67. The van der Waals surface area contributed by atoms with Crippen LogP contribution in [0.4, 0.5) is 5.69 Å². The highest BCUT2D eigenvalue weighted by atomic mass is 16.5. The molecule has 3 aliphatic rings. The van der Waals surface area contributed by atoms with Gasteiger partial charge in [0.15, 0.2) is 5.82 Å². The third-order valence-corrected chi connectivity index (χ3v) is 9.39. The van der Waals surface area contributed by atoms with Crippen LogP contribution >= 0.6 is 0 Å². The number of benzene rings is 1. The molecule has 7 heteroatoms. The Morgan fingerprint density at radius 3 is 2.82 bits per heavy atom. The van der Waals surface area contributed by atoms with Crippen LogP contribution in [0.1, 0.15) is 50.4 Å². The SMILES string of the molecule is Cc1cc2[nH]c(-c3n[nH]c4c3CC3C(C)[C@]3(C)C4)nc2cc1N(C)C(=O)[C@H](C)C1CCOCC1. The van der Waals surface area contributed by atoms with Gasteiger partial charge in [-0.25, -0.2) is 4.98 Å². The van der Waals surface area contributed by atoms with E-state index in [1.165, 1.54) is 11.3 Å². The van der Waals surface area contributed by atoms with Crippen molar-refractivity contribution in [3.8, 4) is 11.5 Å². The summed E-state index contributed by atoms with van der Waals surface area (Å²) in [5.41, 5.74) is 7.78. The fourth-order valence-electron chi connectivity index (χ4n) is 6.65. The van der Waals surface area contributed by atoms with Crippen molar-refractivity contribution >= 4 is 22.6 Å². The van der Waals surface area contributed by atoms with Crippen LogP contribution < -0.4 is 4.90 Å². The molecular formula is C27H35N5O2. The van der Waals surface area contributed by atoms with Crippen LogP contribution in [0, 0.1) is 36.0 Å². The number of imidazole rings is 1. The third kappa shape index (κ3) is 3.23. The van der Waals surface area contributed by atoms with Crippen LogP contribution in [-0.4, -0.2) is 46.3 Å². The zero-order valence-corrected chi connectivity index (χ0v) is 20.9. The third-order valence-electron chi connectivity index (χ3n) is 9.39. The van der Waals surface area contributed by atoms with E-state index in [9.17, 15) is 4.79 Å². The maximum Gasteiger partial charge on any atom is 0.229 e. The number of carbonyl (C=O) groups excluding carboxylic acids is 1. The molecule has 34 heavy (non-hydrogen) atoms. The summed E-state index contributed by atoms with van der Waals surface area (Å²) in [7, 11) is 1.89. The summed E-state index contributed by atoms with van der Waals surface area (Å²) < 4.78 is 5.48. The summed E-state index contributed by atoms with van der Waals surface area (Å²) >= 11 is 0. The van der Waals surface area contributed by atoms with Crippen LogP contribution in [0.15, 0.2) is 12.1 Å². The van der Waals surface area contributed by atoms with Crippen LogP contribution in [0.5, 0.6) is 0 Å². The van der Waals surface area contributed by atoms with Gasteiger partial charge >= 0.3 is 0 Å². The van der Waals surface area contributed by atoms with E-state index in [2.05, 4.69) is 48.9 Å². The van der Waals surface area contributed by atoms with Crippen molar-refractivity contribution in [1.82, 2.24) is 20.2 Å². The van der Waals surface area contributed by atoms with Crippen molar-refractivity contribution in [2.45, 2.75) is 53.4 Å². The Morgan fingerprint density at radius 2 is 2.06 bits per heavy atom. The Balaban J connectivity index is 1.29. The molecule has 3 heterocycles. The number of anilines is 1. The molecule has 3 aromatic rings. The van der Waals surface area contributed by atoms with Crippen molar-refractivity contribution in [2.75, 3.05) is 25.2 Å². The minimum atomic E-state index is -0.0233. The van der Waals surface area contributed by atoms with E-state index in [0.29, 0.717) is 11.3 Å². The first kappa shape index (κ1) is 21.8. The molecule has 1 saturated heterocycles. The number of nitrogens with one attached hydrogen (secondary N) is 2. The van der Waals surface area contributed by atoms with Gasteiger partial charge in [-0.1, -0.05) is 20.8 Å². The van der Waals surface area contributed by atoms with Gasteiger partial charge in [-0.3, -0.25) is 9.89 Å². The number of ether oxygens (including phenoxy) is 1. The number of carbonyl (C=O) groups is 1. The zero-order chi connectivity index (χ0) is 23.8. The summed E-state index contributed by atoms with van der Waals surface area (Å²) in [5.74, 6) is 2.83. The number of rotatable bonds is 4. The molecule has 1 saturated carbocycles. The summed E-state index contributed by atoms with van der Waals surface area (Å²) in [4.78, 5) is 23.5. The molecule has 2 unspecified atom stereocenters. The van der Waals surface area contributed by atoms with Crippen LogP contribution in [-0.2, 0) is 22.4 Å². The van der Waals surface area contributed by atoms with E-state index >= 15 is 0 Å². The first-order valence-corrected chi connectivity index (χ1v) is 12.7. The average molecular weight is 462 g/mol. The number of amides is 1. The predicted molar refractivity (Wildman–Crippen MR) is 133 cm³/mol. The van der Waals surface area contributed by atoms with E-state index in [-0.39, 0.29) is 11.8 Å².